The molecule has 1 aromatic rings. The first kappa shape index (κ1) is 13.3. The molecule has 0 saturated carbocycles. The predicted octanol–water partition coefficient (Wildman–Crippen LogP) is 2.10. The molecule has 1 unspecified atom stereocenters. The van der Waals surface area contributed by atoms with Crippen molar-refractivity contribution in [3.05, 3.63) is 17.5 Å². The molecule has 4 heteroatoms. The summed E-state index contributed by atoms with van der Waals surface area (Å²) in [5.41, 5.74) is 2.21. The van der Waals surface area contributed by atoms with Crippen molar-refractivity contribution in [1.29, 1.82) is 0 Å². The number of hydrogen-bond acceptors (Lipinski definition) is 4. The minimum absolute atomic E-state index is 0.454. The van der Waals surface area contributed by atoms with Gasteiger partial charge in [-0.1, -0.05) is 13.8 Å². The Morgan fingerprint density at radius 1 is 1.44 bits per heavy atom. The van der Waals surface area contributed by atoms with E-state index in [9.17, 15) is 0 Å². The van der Waals surface area contributed by atoms with Gasteiger partial charge in [0.25, 0.3) is 0 Å². The van der Waals surface area contributed by atoms with E-state index in [2.05, 4.69) is 42.0 Å². The molecule has 18 heavy (non-hydrogen) atoms. The second-order valence-electron chi connectivity index (χ2n) is 5.44. The van der Waals surface area contributed by atoms with E-state index >= 15 is 0 Å². The van der Waals surface area contributed by atoms with E-state index in [1.165, 1.54) is 12.8 Å². The highest BCUT2D eigenvalue weighted by Crippen LogP contribution is 2.24. The number of anilines is 1. The maximum Gasteiger partial charge on any atom is 0.226 e. The Morgan fingerprint density at radius 3 is 2.89 bits per heavy atom. The lowest BCUT2D eigenvalue weighted by Crippen LogP contribution is -2.38. The summed E-state index contributed by atoms with van der Waals surface area (Å²) in [6.45, 7) is 8.50. The highest BCUT2D eigenvalue weighted by molar-refractivity contribution is 5.36. The third kappa shape index (κ3) is 2.80. The van der Waals surface area contributed by atoms with Gasteiger partial charge >= 0.3 is 0 Å². The van der Waals surface area contributed by atoms with Crippen LogP contribution >= 0.6 is 0 Å². The molecule has 0 amide bonds. The van der Waals surface area contributed by atoms with Crippen molar-refractivity contribution in [3.8, 4) is 0 Å². The Labute approximate surface area is 110 Å². The van der Waals surface area contributed by atoms with E-state index in [0.717, 1.165) is 30.4 Å². The van der Waals surface area contributed by atoms with Gasteiger partial charge in [0.05, 0.1) is 0 Å². The Balaban J connectivity index is 2.26. The van der Waals surface area contributed by atoms with Crippen LogP contribution in [0.25, 0.3) is 0 Å². The zero-order valence-corrected chi connectivity index (χ0v) is 11.9. The Bertz CT molecular complexity index is 403. The standard InChI is InChI=1S/C14H24N4/c1-10(2)13-8-11(3)16-14(17-13)18-7-5-6-12(18)9-15-4/h8,10,12,15H,5-7,9H2,1-4H3. The first-order valence-corrected chi connectivity index (χ1v) is 6.88. The van der Waals surface area contributed by atoms with E-state index in [4.69, 9.17) is 4.98 Å². The van der Waals surface area contributed by atoms with Gasteiger partial charge < -0.3 is 10.2 Å². The van der Waals surface area contributed by atoms with Crippen LogP contribution in [-0.2, 0) is 0 Å². The number of nitrogens with one attached hydrogen (secondary N) is 1. The number of aromatic nitrogens is 2. The van der Waals surface area contributed by atoms with Crippen LogP contribution in [0.5, 0.6) is 0 Å². The van der Waals surface area contributed by atoms with Gasteiger partial charge in [0.2, 0.25) is 5.95 Å². The summed E-state index contributed by atoms with van der Waals surface area (Å²) in [6, 6.07) is 2.63. The van der Waals surface area contributed by atoms with Crippen molar-refractivity contribution in [1.82, 2.24) is 15.3 Å². The lowest BCUT2D eigenvalue weighted by molar-refractivity contribution is 0.604. The van der Waals surface area contributed by atoms with Crippen molar-refractivity contribution in [2.75, 3.05) is 25.0 Å². The van der Waals surface area contributed by atoms with Crippen LogP contribution in [0, 0.1) is 6.92 Å². The lowest BCUT2D eigenvalue weighted by Gasteiger charge is -2.25. The van der Waals surface area contributed by atoms with Gasteiger partial charge in [0.1, 0.15) is 0 Å². The average Bonchev–Trinajstić information content (AvgIpc) is 2.77. The second-order valence-corrected chi connectivity index (χ2v) is 5.44. The fraction of sp³-hybridized carbons (Fsp3) is 0.714. The number of nitrogens with zero attached hydrogens (tertiary/aromatic N) is 3. The van der Waals surface area contributed by atoms with Crippen LogP contribution in [0.2, 0.25) is 0 Å². The predicted molar refractivity (Wildman–Crippen MR) is 75.2 cm³/mol. The van der Waals surface area contributed by atoms with Crippen LogP contribution < -0.4 is 10.2 Å². The molecule has 0 bridgehead atoms. The van der Waals surface area contributed by atoms with Crippen LogP contribution in [0.4, 0.5) is 5.95 Å². The summed E-state index contributed by atoms with van der Waals surface area (Å²) in [5.74, 6) is 1.37. The van der Waals surface area contributed by atoms with Crippen molar-refractivity contribution < 1.29 is 0 Å². The minimum Gasteiger partial charge on any atom is -0.337 e. The summed E-state index contributed by atoms with van der Waals surface area (Å²) in [6.07, 6.45) is 2.47. The van der Waals surface area contributed by atoms with Crippen molar-refractivity contribution in [2.24, 2.45) is 0 Å². The van der Waals surface area contributed by atoms with E-state index in [1.807, 2.05) is 7.05 Å². The number of aryl methyl sites for hydroxylation is 1. The molecule has 0 aliphatic carbocycles. The van der Waals surface area contributed by atoms with Crippen molar-refractivity contribution in [3.63, 3.8) is 0 Å². The number of likely N-dealkylation sites (N-methyl/N-ethyl adjacent to an activating group) is 1. The largest absolute Gasteiger partial charge is 0.337 e. The molecule has 1 atom stereocenters. The fourth-order valence-electron chi connectivity index (χ4n) is 2.55. The minimum atomic E-state index is 0.454. The molecule has 2 rings (SSSR count). The molecule has 100 valence electrons. The maximum atomic E-state index is 4.73. The van der Waals surface area contributed by atoms with Crippen LogP contribution in [0.3, 0.4) is 0 Å². The average molecular weight is 248 g/mol. The molecular formula is C14H24N4. The van der Waals surface area contributed by atoms with Crippen LogP contribution in [0.1, 0.15) is 44.0 Å². The van der Waals surface area contributed by atoms with Gasteiger partial charge in [-0.25, -0.2) is 9.97 Å². The molecule has 4 nitrogen and oxygen atoms in total. The summed E-state index contributed by atoms with van der Waals surface area (Å²) in [5, 5.41) is 3.26. The molecular weight excluding hydrogens is 224 g/mol. The quantitative estimate of drug-likeness (QED) is 0.886. The number of hydrogen-bond donors (Lipinski definition) is 1. The highest BCUT2D eigenvalue weighted by atomic mass is 15.3. The summed E-state index contributed by atoms with van der Waals surface area (Å²) in [7, 11) is 2.01. The van der Waals surface area contributed by atoms with Gasteiger partial charge in [-0.3, -0.25) is 0 Å². The van der Waals surface area contributed by atoms with E-state index in [1.54, 1.807) is 0 Å². The van der Waals surface area contributed by atoms with Gasteiger partial charge in [0.15, 0.2) is 0 Å². The Hall–Kier alpha value is -1.16. The van der Waals surface area contributed by atoms with Gasteiger partial charge in [-0.2, -0.15) is 0 Å². The van der Waals surface area contributed by atoms with Crippen molar-refractivity contribution >= 4 is 5.95 Å². The van der Waals surface area contributed by atoms with E-state index in [-0.39, 0.29) is 0 Å². The molecule has 1 N–H and O–H groups in total. The Morgan fingerprint density at radius 2 is 2.22 bits per heavy atom. The topological polar surface area (TPSA) is 41.0 Å². The van der Waals surface area contributed by atoms with Crippen molar-refractivity contribution in [2.45, 2.75) is 45.6 Å². The third-order valence-corrected chi connectivity index (χ3v) is 3.53. The highest BCUT2D eigenvalue weighted by Gasteiger charge is 2.26. The first-order chi connectivity index (χ1) is 8.61. The Kier molecular flexibility index (Phi) is 4.17. The van der Waals surface area contributed by atoms with E-state index in [0.29, 0.717) is 12.0 Å². The molecule has 1 aliphatic rings. The number of rotatable bonds is 4. The molecule has 2 heterocycles. The lowest BCUT2D eigenvalue weighted by atomic mass is 10.1. The normalized spacial score (nSPS) is 19.8. The van der Waals surface area contributed by atoms with E-state index < -0.39 is 0 Å². The zero-order valence-electron chi connectivity index (χ0n) is 11.9. The fourth-order valence-corrected chi connectivity index (χ4v) is 2.55. The molecule has 1 aliphatic heterocycles. The molecule has 1 saturated heterocycles. The molecule has 0 aromatic carbocycles. The van der Waals surface area contributed by atoms with Crippen LogP contribution in [0.15, 0.2) is 6.07 Å². The zero-order chi connectivity index (χ0) is 13.1. The third-order valence-electron chi connectivity index (χ3n) is 3.53. The van der Waals surface area contributed by atoms with Crippen LogP contribution in [-0.4, -0.2) is 36.1 Å². The maximum absolute atomic E-state index is 4.73. The second kappa shape index (κ2) is 5.65. The molecule has 1 fully saturated rings. The summed E-state index contributed by atoms with van der Waals surface area (Å²) >= 11 is 0. The molecule has 1 aromatic heterocycles. The monoisotopic (exact) mass is 248 g/mol. The first-order valence-electron chi connectivity index (χ1n) is 6.88. The SMILES string of the molecule is CNCC1CCCN1c1nc(C)cc(C(C)C)n1. The molecule has 0 radical (unpaired) electrons. The summed E-state index contributed by atoms with van der Waals surface area (Å²) in [4.78, 5) is 11.7. The smallest absolute Gasteiger partial charge is 0.226 e. The van der Waals surface area contributed by atoms with Gasteiger partial charge in [0, 0.05) is 30.5 Å². The van der Waals surface area contributed by atoms with Gasteiger partial charge in [-0.05, 0) is 38.8 Å². The molecule has 0 spiro atoms. The summed E-state index contributed by atoms with van der Waals surface area (Å²) < 4.78 is 0. The van der Waals surface area contributed by atoms with Gasteiger partial charge in [-0.15, -0.1) is 0 Å².